The van der Waals surface area contributed by atoms with Gasteiger partial charge in [0.1, 0.15) is 0 Å². The van der Waals surface area contributed by atoms with E-state index in [-0.39, 0.29) is 5.91 Å². The van der Waals surface area contributed by atoms with Gasteiger partial charge in [-0.2, -0.15) is 0 Å². The zero-order valence-corrected chi connectivity index (χ0v) is 20.1. The van der Waals surface area contributed by atoms with Crippen molar-refractivity contribution in [2.24, 2.45) is 0 Å². The first-order chi connectivity index (χ1) is 17.1. The van der Waals surface area contributed by atoms with Crippen LogP contribution in [0.5, 0.6) is 0 Å². The Bertz CT molecular complexity index is 1260. The normalized spacial score (nSPS) is 10.7. The Hall–Kier alpha value is -4.10. The molecule has 4 aromatic rings. The number of anilines is 3. The molecule has 0 atom stereocenters. The van der Waals surface area contributed by atoms with Gasteiger partial charge in [0.15, 0.2) is 0 Å². The van der Waals surface area contributed by atoms with Gasteiger partial charge in [-0.15, -0.1) is 0 Å². The van der Waals surface area contributed by atoms with E-state index < -0.39 is 0 Å². The van der Waals surface area contributed by atoms with Crippen LogP contribution < -0.4 is 16.0 Å². The average molecular weight is 467 g/mol. The number of carbonyl (C=O) groups is 1. The second-order valence-corrected chi connectivity index (χ2v) is 8.31. The fourth-order valence-corrected chi connectivity index (χ4v) is 3.60. The molecule has 1 amide bonds. The van der Waals surface area contributed by atoms with Gasteiger partial charge in [-0.3, -0.25) is 9.78 Å². The van der Waals surface area contributed by atoms with Crippen molar-refractivity contribution in [1.82, 2.24) is 20.3 Å². The third-order valence-electron chi connectivity index (χ3n) is 5.59. The van der Waals surface area contributed by atoms with Gasteiger partial charge >= 0.3 is 0 Å². The average Bonchev–Trinajstić information content (AvgIpc) is 2.89. The SMILES string of the molecule is CCCNCCc1ccc(NC(=O)c2ccc(C)c(Nc3nccc(-c4cccnc4)n3)c2)cc1. The number of amides is 1. The highest BCUT2D eigenvalue weighted by Gasteiger charge is 2.11. The van der Waals surface area contributed by atoms with E-state index in [1.807, 2.05) is 55.5 Å². The minimum atomic E-state index is -0.171. The van der Waals surface area contributed by atoms with Crippen LogP contribution in [0, 0.1) is 6.92 Å². The van der Waals surface area contributed by atoms with Crippen molar-refractivity contribution in [1.29, 1.82) is 0 Å². The highest BCUT2D eigenvalue weighted by molar-refractivity contribution is 6.05. The van der Waals surface area contributed by atoms with Gasteiger partial charge in [0.25, 0.3) is 5.91 Å². The van der Waals surface area contributed by atoms with E-state index in [4.69, 9.17) is 0 Å². The Morgan fingerprint density at radius 3 is 2.60 bits per heavy atom. The van der Waals surface area contributed by atoms with E-state index in [1.165, 1.54) is 5.56 Å². The van der Waals surface area contributed by atoms with Gasteiger partial charge < -0.3 is 16.0 Å². The molecule has 0 aliphatic heterocycles. The molecular weight excluding hydrogens is 436 g/mol. The van der Waals surface area contributed by atoms with Crippen LogP contribution in [0.25, 0.3) is 11.3 Å². The number of aromatic nitrogens is 3. The molecule has 2 heterocycles. The third-order valence-corrected chi connectivity index (χ3v) is 5.59. The van der Waals surface area contributed by atoms with Crippen LogP contribution in [0.15, 0.2) is 79.3 Å². The molecule has 0 spiro atoms. The summed E-state index contributed by atoms with van der Waals surface area (Å²) in [6.07, 6.45) is 7.28. The summed E-state index contributed by atoms with van der Waals surface area (Å²) in [5, 5.41) is 9.63. The van der Waals surface area contributed by atoms with Crippen LogP contribution >= 0.6 is 0 Å². The molecule has 0 radical (unpaired) electrons. The smallest absolute Gasteiger partial charge is 0.255 e. The lowest BCUT2D eigenvalue weighted by molar-refractivity contribution is 0.102. The summed E-state index contributed by atoms with van der Waals surface area (Å²) < 4.78 is 0. The van der Waals surface area contributed by atoms with Crippen LogP contribution in [0.2, 0.25) is 0 Å². The second-order valence-electron chi connectivity index (χ2n) is 8.31. The maximum absolute atomic E-state index is 12.9. The molecule has 2 aromatic carbocycles. The van der Waals surface area contributed by atoms with Crippen molar-refractivity contribution in [3.05, 3.63) is 95.9 Å². The molecule has 0 saturated heterocycles. The Morgan fingerprint density at radius 1 is 0.971 bits per heavy atom. The molecule has 178 valence electrons. The molecule has 4 rings (SSSR count). The van der Waals surface area contributed by atoms with Crippen molar-refractivity contribution in [3.8, 4) is 11.3 Å². The van der Waals surface area contributed by atoms with E-state index in [2.05, 4.69) is 50.0 Å². The molecule has 3 N–H and O–H groups in total. The summed E-state index contributed by atoms with van der Waals surface area (Å²) in [7, 11) is 0. The summed E-state index contributed by atoms with van der Waals surface area (Å²) in [4.78, 5) is 26.0. The van der Waals surface area contributed by atoms with E-state index in [1.54, 1.807) is 18.6 Å². The maximum Gasteiger partial charge on any atom is 0.255 e. The number of benzene rings is 2. The number of hydrogen-bond acceptors (Lipinski definition) is 6. The molecule has 2 aromatic heterocycles. The summed E-state index contributed by atoms with van der Waals surface area (Å²) in [6, 6.07) is 19.2. The van der Waals surface area contributed by atoms with Crippen molar-refractivity contribution in [2.75, 3.05) is 23.7 Å². The van der Waals surface area contributed by atoms with E-state index >= 15 is 0 Å². The highest BCUT2D eigenvalue weighted by atomic mass is 16.1. The van der Waals surface area contributed by atoms with Crippen LogP contribution in [0.4, 0.5) is 17.3 Å². The van der Waals surface area contributed by atoms with E-state index in [0.29, 0.717) is 11.5 Å². The predicted molar refractivity (Wildman–Crippen MR) is 141 cm³/mol. The lowest BCUT2D eigenvalue weighted by Crippen LogP contribution is -2.17. The highest BCUT2D eigenvalue weighted by Crippen LogP contribution is 2.23. The Morgan fingerprint density at radius 2 is 1.83 bits per heavy atom. The van der Waals surface area contributed by atoms with Crippen molar-refractivity contribution in [2.45, 2.75) is 26.7 Å². The molecule has 0 bridgehead atoms. The van der Waals surface area contributed by atoms with Gasteiger partial charge in [0, 0.05) is 41.1 Å². The fraction of sp³-hybridized carbons (Fsp3) is 0.214. The van der Waals surface area contributed by atoms with Gasteiger partial charge in [-0.1, -0.05) is 25.1 Å². The van der Waals surface area contributed by atoms with Gasteiger partial charge in [-0.25, -0.2) is 9.97 Å². The number of nitrogens with zero attached hydrogens (tertiary/aromatic N) is 3. The molecule has 0 unspecified atom stereocenters. The van der Waals surface area contributed by atoms with Gasteiger partial charge in [0.2, 0.25) is 5.95 Å². The number of rotatable bonds is 10. The fourth-order valence-electron chi connectivity index (χ4n) is 3.60. The Labute approximate surface area is 206 Å². The van der Waals surface area contributed by atoms with Crippen molar-refractivity contribution < 1.29 is 4.79 Å². The standard InChI is InChI=1S/C28H30N6O/c1-3-14-29-16-12-21-7-10-24(11-8-21)32-27(35)22-9-6-20(2)26(18-22)34-28-31-17-13-25(33-28)23-5-4-15-30-19-23/h4-11,13,15,17-19,29H,3,12,14,16H2,1-2H3,(H,32,35)(H,31,33,34). The zero-order chi connectivity index (χ0) is 24.5. The minimum Gasteiger partial charge on any atom is -0.324 e. The summed E-state index contributed by atoms with van der Waals surface area (Å²) >= 11 is 0. The van der Waals surface area contributed by atoms with Crippen LogP contribution in [0.1, 0.15) is 34.8 Å². The minimum absolute atomic E-state index is 0.171. The Kier molecular flexibility index (Phi) is 8.14. The number of carbonyl (C=O) groups excluding carboxylic acids is 1. The molecule has 0 saturated carbocycles. The number of hydrogen-bond donors (Lipinski definition) is 3. The second kappa shape index (κ2) is 11.9. The van der Waals surface area contributed by atoms with Crippen molar-refractivity contribution >= 4 is 23.2 Å². The summed E-state index contributed by atoms with van der Waals surface area (Å²) in [6.45, 7) is 6.12. The van der Waals surface area contributed by atoms with Crippen LogP contribution in [-0.4, -0.2) is 33.9 Å². The lowest BCUT2D eigenvalue weighted by Gasteiger charge is -2.12. The number of nitrogens with one attached hydrogen (secondary N) is 3. The quantitative estimate of drug-likeness (QED) is 0.272. The predicted octanol–water partition coefficient (Wildman–Crippen LogP) is 5.39. The number of pyridine rings is 1. The van der Waals surface area contributed by atoms with E-state index in [9.17, 15) is 4.79 Å². The molecule has 35 heavy (non-hydrogen) atoms. The first-order valence-electron chi connectivity index (χ1n) is 11.8. The largest absolute Gasteiger partial charge is 0.324 e. The van der Waals surface area contributed by atoms with Gasteiger partial charge in [-0.05, 0) is 86.4 Å². The zero-order valence-electron chi connectivity index (χ0n) is 20.1. The molecule has 0 aliphatic rings. The van der Waals surface area contributed by atoms with Crippen molar-refractivity contribution in [3.63, 3.8) is 0 Å². The van der Waals surface area contributed by atoms with Crippen LogP contribution in [-0.2, 0) is 6.42 Å². The van der Waals surface area contributed by atoms with Gasteiger partial charge in [0.05, 0.1) is 5.69 Å². The summed E-state index contributed by atoms with van der Waals surface area (Å²) in [5.74, 6) is 0.284. The molecule has 7 heteroatoms. The van der Waals surface area contributed by atoms with Crippen LogP contribution in [0.3, 0.4) is 0 Å². The maximum atomic E-state index is 12.9. The molecule has 7 nitrogen and oxygen atoms in total. The topological polar surface area (TPSA) is 91.8 Å². The molecular formula is C28H30N6O. The lowest BCUT2D eigenvalue weighted by atomic mass is 10.1. The number of aryl methyl sites for hydroxylation is 1. The third kappa shape index (κ3) is 6.71. The molecule has 0 aliphatic carbocycles. The molecule has 0 fully saturated rings. The summed E-state index contributed by atoms with van der Waals surface area (Å²) in [5.41, 5.74) is 5.99. The van der Waals surface area contributed by atoms with E-state index in [0.717, 1.165) is 54.1 Å². The monoisotopic (exact) mass is 466 g/mol. The Balaban J connectivity index is 1.42. The first-order valence-corrected chi connectivity index (χ1v) is 11.8. The first kappa shape index (κ1) is 24.0.